The summed E-state index contributed by atoms with van der Waals surface area (Å²) in [6.07, 6.45) is 5.34. The highest BCUT2D eigenvalue weighted by Gasteiger charge is 2.54. The summed E-state index contributed by atoms with van der Waals surface area (Å²) in [6.45, 7) is 3.09. The van der Waals surface area contributed by atoms with Crippen LogP contribution in [0.3, 0.4) is 0 Å². The summed E-state index contributed by atoms with van der Waals surface area (Å²) < 4.78 is 37.9. The lowest BCUT2D eigenvalue weighted by Crippen LogP contribution is -2.60. The number of nitrogens with zero attached hydrogens (tertiary/aromatic N) is 1. The van der Waals surface area contributed by atoms with E-state index in [9.17, 15) is 13.6 Å². The number of methoxy groups -OCH3 is 2. The molecule has 0 aromatic heterocycles. The number of carbonyl (C=O) groups is 1. The second-order valence-electron chi connectivity index (χ2n) is 9.91. The Balaban J connectivity index is 1.58. The van der Waals surface area contributed by atoms with Crippen LogP contribution in [0.2, 0.25) is 0 Å². The number of anilines is 1. The molecule has 4 rings (SSSR count). The van der Waals surface area contributed by atoms with Crippen molar-refractivity contribution in [3.63, 3.8) is 0 Å². The average molecular weight is 488 g/mol. The van der Waals surface area contributed by atoms with Gasteiger partial charge in [0.2, 0.25) is 0 Å². The highest BCUT2D eigenvalue weighted by molar-refractivity contribution is 5.89. The van der Waals surface area contributed by atoms with Crippen LogP contribution in [0.25, 0.3) is 0 Å². The first-order chi connectivity index (χ1) is 16.8. The molecular formula is C27H35F2N3O3. The summed E-state index contributed by atoms with van der Waals surface area (Å²) in [7, 11) is 5.44. The van der Waals surface area contributed by atoms with Gasteiger partial charge in [-0.1, -0.05) is 19.4 Å². The van der Waals surface area contributed by atoms with Crippen molar-refractivity contribution in [2.24, 2.45) is 0 Å². The zero-order valence-electron chi connectivity index (χ0n) is 20.9. The van der Waals surface area contributed by atoms with Gasteiger partial charge in [0.05, 0.1) is 14.2 Å². The molecule has 35 heavy (non-hydrogen) atoms. The molecular weight excluding hydrogens is 452 g/mol. The molecule has 1 aliphatic heterocycles. The highest BCUT2D eigenvalue weighted by Crippen LogP contribution is 2.53. The molecule has 8 heteroatoms. The van der Waals surface area contributed by atoms with Gasteiger partial charge in [0.1, 0.15) is 0 Å². The van der Waals surface area contributed by atoms with Crippen molar-refractivity contribution in [1.82, 2.24) is 10.2 Å². The van der Waals surface area contributed by atoms with Crippen LogP contribution in [0.1, 0.15) is 51.0 Å². The molecule has 0 spiro atoms. The van der Waals surface area contributed by atoms with Crippen LogP contribution in [0.5, 0.6) is 11.5 Å². The van der Waals surface area contributed by atoms with Crippen molar-refractivity contribution in [2.45, 2.75) is 62.4 Å². The third-order valence-corrected chi connectivity index (χ3v) is 7.96. The minimum absolute atomic E-state index is 0.0379. The Bertz CT molecular complexity index is 1080. The molecule has 1 heterocycles. The van der Waals surface area contributed by atoms with Gasteiger partial charge >= 0.3 is 6.03 Å². The molecule has 1 aliphatic carbocycles. The zero-order chi connectivity index (χ0) is 25.2. The van der Waals surface area contributed by atoms with Crippen LogP contribution < -0.4 is 20.1 Å². The van der Waals surface area contributed by atoms with E-state index in [0.717, 1.165) is 63.0 Å². The van der Waals surface area contributed by atoms with E-state index < -0.39 is 17.7 Å². The predicted molar refractivity (Wildman–Crippen MR) is 132 cm³/mol. The highest BCUT2D eigenvalue weighted by atomic mass is 19.2. The van der Waals surface area contributed by atoms with Crippen molar-refractivity contribution in [3.05, 3.63) is 53.6 Å². The second kappa shape index (κ2) is 10.0. The topological polar surface area (TPSA) is 62.8 Å². The van der Waals surface area contributed by atoms with Crippen molar-refractivity contribution in [3.8, 4) is 11.5 Å². The Morgan fingerprint density at radius 3 is 2.51 bits per heavy atom. The lowest BCUT2D eigenvalue weighted by Gasteiger charge is -2.50. The van der Waals surface area contributed by atoms with Gasteiger partial charge in [-0.05, 0) is 75.5 Å². The number of rotatable bonds is 7. The van der Waals surface area contributed by atoms with Gasteiger partial charge in [-0.25, -0.2) is 13.6 Å². The van der Waals surface area contributed by atoms with E-state index in [4.69, 9.17) is 9.47 Å². The fourth-order valence-electron chi connectivity index (χ4n) is 6.18. The fraction of sp³-hybridized carbons (Fsp3) is 0.519. The predicted octanol–water partition coefficient (Wildman–Crippen LogP) is 5.47. The number of ether oxygens (including phenoxy) is 2. The Labute approximate surface area is 206 Å². The summed E-state index contributed by atoms with van der Waals surface area (Å²) in [4.78, 5) is 15.4. The maximum absolute atomic E-state index is 13.6. The molecule has 2 N–H and O–H groups in total. The average Bonchev–Trinajstić information content (AvgIpc) is 3.17. The first-order valence-electron chi connectivity index (χ1n) is 12.2. The molecule has 190 valence electrons. The molecule has 2 amide bonds. The van der Waals surface area contributed by atoms with E-state index in [1.165, 1.54) is 11.6 Å². The summed E-state index contributed by atoms with van der Waals surface area (Å²) in [5, 5.41) is 5.90. The van der Waals surface area contributed by atoms with Gasteiger partial charge in [0.25, 0.3) is 0 Å². The van der Waals surface area contributed by atoms with E-state index in [0.29, 0.717) is 5.75 Å². The van der Waals surface area contributed by atoms with Crippen LogP contribution in [0, 0.1) is 11.6 Å². The van der Waals surface area contributed by atoms with Crippen molar-refractivity contribution in [2.75, 3.05) is 33.1 Å². The summed E-state index contributed by atoms with van der Waals surface area (Å²) in [5.41, 5.74) is 1.03. The molecule has 2 fully saturated rings. The molecule has 3 atom stereocenters. The SMILES string of the molecule is CCC[C@@]1(NC(=O)Nc2ccc(F)c(F)c2)CC[C@@]2(c3ccc(OC)c(OC)c3)CCN(C)[C@H]2C1. The van der Waals surface area contributed by atoms with E-state index in [-0.39, 0.29) is 22.7 Å². The first kappa shape index (κ1) is 25.2. The second-order valence-corrected chi connectivity index (χ2v) is 9.91. The maximum atomic E-state index is 13.6. The Kier molecular flexibility index (Phi) is 7.22. The smallest absolute Gasteiger partial charge is 0.319 e. The maximum Gasteiger partial charge on any atom is 0.319 e. The van der Waals surface area contributed by atoms with Gasteiger partial charge in [0, 0.05) is 28.7 Å². The number of carbonyl (C=O) groups excluding carboxylic acids is 1. The van der Waals surface area contributed by atoms with E-state index in [1.807, 2.05) is 6.07 Å². The molecule has 2 aromatic rings. The molecule has 0 unspecified atom stereocenters. The monoisotopic (exact) mass is 487 g/mol. The lowest BCUT2D eigenvalue weighted by atomic mass is 9.60. The number of likely N-dealkylation sites (tertiary alicyclic amines) is 1. The van der Waals surface area contributed by atoms with Crippen LogP contribution in [-0.2, 0) is 5.41 Å². The molecule has 2 aliphatic rings. The third kappa shape index (κ3) is 4.81. The van der Waals surface area contributed by atoms with Gasteiger partial charge in [-0.3, -0.25) is 0 Å². The van der Waals surface area contributed by atoms with Crippen LogP contribution in [0.15, 0.2) is 36.4 Å². The number of hydrogen-bond acceptors (Lipinski definition) is 4. The van der Waals surface area contributed by atoms with Crippen LogP contribution >= 0.6 is 0 Å². The number of nitrogens with one attached hydrogen (secondary N) is 2. The molecule has 1 saturated carbocycles. The van der Waals surface area contributed by atoms with Gasteiger partial charge in [-0.15, -0.1) is 0 Å². The van der Waals surface area contributed by atoms with Crippen LogP contribution in [-0.4, -0.2) is 50.3 Å². The van der Waals surface area contributed by atoms with E-state index in [1.54, 1.807) is 14.2 Å². The Morgan fingerprint density at radius 2 is 1.83 bits per heavy atom. The summed E-state index contributed by atoms with van der Waals surface area (Å²) in [5.74, 6) is -0.498. The standard InChI is InChI=1S/C27H35F2N3O3/c1-5-10-26(31-25(33)30-19-7-8-20(28)21(29)16-19)11-12-27(13-14-32(2)24(27)17-26)18-6-9-22(34-3)23(15-18)35-4/h6-9,15-16,24H,5,10-14,17H2,1-4H3,(H2,30,31,33)/t24-,26+,27-/m0/s1. The number of hydrogen-bond donors (Lipinski definition) is 2. The number of likely N-dealkylation sites (N-methyl/N-ethyl adjacent to an activating group) is 1. The minimum atomic E-state index is -0.990. The zero-order valence-corrected chi connectivity index (χ0v) is 20.9. The number of amides is 2. The molecule has 1 saturated heterocycles. The van der Waals surface area contributed by atoms with Crippen molar-refractivity contribution < 1.29 is 23.0 Å². The fourth-order valence-corrected chi connectivity index (χ4v) is 6.18. The van der Waals surface area contributed by atoms with E-state index in [2.05, 4.69) is 41.6 Å². The largest absolute Gasteiger partial charge is 0.493 e. The Morgan fingerprint density at radius 1 is 1.06 bits per heavy atom. The lowest BCUT2D eigenvalue weighted by molar-refractivity contribution is 0.0976. The number of fused-ring (bicyclic) bond motifs is 1. The number of halogens is 2. The Hall–Kier alpha value is -2.87. The quantitative estimate of drug-likeness (QED) is 0.544. The van der Waals surface area contributed by atoms with E-state index >= 15 is 0 Å². The molecule has 2 aromatic carbocycles. The third-order valence-electron chi connectivity index (χ3n) is 7.96. The van der Waals surface area contributed by atoms with Gasteiger partial charge in [-0.2, -0.15) is 0 Å². The first-order valence-corrected chi connectivity index (χ1v) is 12.2. The normalized spacial score (nSPS) is 26.2. The molecule has 6 nitrogen and oxygen atoms in total. The summed E-state index contributed by atoms with van der Waals surface area (Å²) in [6, 6.07) is 9.42. The van der Waals surface area contributed by atoms with Crippen LogP contribution in [0.4, 0.5) is 19.3 Å². The van der Waals surface area contributed by atoms with Crippen molar-refractivity contribution >= 4 is 11.7 Å². The number of urea groups is 1. The molecule has 0 radical (unpaired) electrons. The summed E-state index contributed by atoms with van der Waals surface area (Å²) >= 11 is 0. The van der Waals surface area contributed by atoms with Gasteiger partial charge in [0.15, 0.2) is 23.1 Å². The van der Waals surface area contributed by atoms with Crippen molar-refractivity contribution in [1.29, 1.82) is 0 Å². The molecule has 0 bridgehead atoms. The van der Waals surface area contributed by atoms with Gasteiger partial charge < -0.3 is 25.0 Å². The minimum Gasteiger partial charge on any atom is -0.493 e. The number of benzene rings is 2.